The van der Waals surface area contributed by atoms with Crippen molar-refractivity contribution in [2.75, 3.05) is 11.1 Å². The van der Waals surface area contributed by atoms with Crippen LogP contribution < -0.4 is 5.32 Å². The molecule has 1 N–H and O–H groups in total. The van der Waals surface area contributed by atoms with E-state index < -0.39 is 0 Å². The predicted octanol–water partition coefficient (Wildman–Crippen LogP) is 2.25. The van der Waals surface area contributed by atoms with Gasteiger partial charge < -0.3 is 14.4 Å². The number of anilines is 1. The molecule has 1 aliphatic rings. The van der Waals surface area contributed by atoms with Gasteiger partial charge in [-0.15, -0.1) is 0 Å². The summed E-state index contributed by atoms with van der Waals surface area (Å²) in [6.45, 7) is 1.78. The minimum absolute atomic E-state index is 0.108. The van der Waals surface area contributed by atoms with Crippen LogP contribution in [0.4, 0.5) is 5.82 Å². The Labute approximate surface area is 114 Å². The van der Waals surface area contributed by atoms with E-state index in [1.54, 1.807) is 19.2 Å². The van der Waals surface area contributed by atoms with Gasteiger partial charge in [-0.2, -0.15) is 0 Å². The average Bonchev–Trinajstić information content (AvgIpc) is 2.98. The number of aryl methyl sites for hydroxylation is 1. The van der Waals surface area contributed by atoms with Crippen LogP contribution in [0.5, 0.6) is 0 Å². The average molecular weight is 278 g/mol. The molecule has 1 fully saturated rings. The highest BCUT2D eigenvalue weighted by Gasteiger charge is 2.25. The molecule has 100 valence electrons. The van der Waals surface area contributed by atoms with E-state index in [-0.39, 0.29) is 5.91 Å². The molecule has 7 heteroatoms. The molecular weight excluding hydrogens is 264 g/mol. The van der Waals surface area contributed by atoms with Gasteiger partial charge in [0.25, 0.3) is 0 Å². The topological polar surface area (TPSA) is 73.0 Å². The predicted molar refractivity (Wildman–Crippen MR) is 71.1 cm³/mol. The zero-order chi connectivity index (χ0) is 13.2. The van der Waals surface area contributed by atoms with Gasteiger partial charge in [-0.1, -0.05) is 16.9 Å². The first-order valence-corrected chi connectivity index (χ1v) is 7.10. The van der Waals surface area contributed by atoms with Crippen LogP contribution in [0.1, 0.15) is 24.6 Å². The summed E-state index contributed by atoms with van der Waals surface area (Å²) in [6.07, 6.45) is 6.15. The standard InChI is InChI=1S/C12H14N4O2S/c1-8-6-10(15-18-8)14-11(17)7-19-12-13-4-5-16(12)9-2-3-9/h4-6,9H,2-3,7H2,1H3,(H,14,15,17). The molecule has 0 atom stereocenters. The van der Waals surface area contributed by atoms with Crippen molar-refractivity contribution in [1.82, 2.24) is 14.7 Å². The summed E-state index contributed by atoms with van der Waals surface area (Å²) in [7, 11) is 0. The Morgan fingerprint density at radius 1 is 1.63 bits per heavy atom. The number of carbonyl (C=O) groups excluding carboxylic acids is 1. The van der Waals surface area contributed by atoms with E-state index in [0.717, 1.165) is 5.16 Å². The molecule has 0 aliphatic heterocycles. The van der Waals surface area contributed by atoms with E-state index in [1.807, 2.05) is 6.20 Å². The van der Waals surface area contributed by atoms with E-state index in [1.165, 1.54) is 24.6 Å². The fourth-order valence-corrected chi connectivity index (χ4v) is 2.60. The molecule has 3 rings (SSSR count). The van der Waals surface area contributed by atoms with Crippen LogP contribution in [0, 0.1) is 6.92 Å². The second kappa shape index (κ2) is 5.08. The van der Waals surface area contributed by atoms with E-state index in [9.17, 15) is 4.79 Å². The lowest BCUT2D eigenvalue weighted by Gasteiger charge is -2.05. The van der Waals surface area contributed by atoms with Gasteiger partial charge in [-0.05, 0) is 19.8 Å². The first kappa shape index (κ1) is 12.3. The van der Waals surface area contributed by atoms with Crippen molar-refractivity contribution in [3.63, 3.8) is 0 Å². The van der Waals surface area contributed by atoms with Gasteiger partial charge in [-0.25, -0.2) is 4.98 Å². The maximum Gasteiger partial charge on any atom is 0.236 e. The van der Waals surface area contributed by atoms with Gasteiger partial charge in [0.15, 0.2) is 11.0 Å². The molecule has 1 amide bonds. The Balaban J connectivity index is 1.54. The van der Waals surface area contributed by atoms with E-state index in [0.29, 0.717) is 23.4 Å². The summed E-state index contributed by atoms with van der Waals surface area (Å²) >= 11 is 1.44. The maximum atomic E-state index is 11.8. The van der Waals surface area contributed by atoms with Crippen LogP contribution >= 0.6 is 11.8 Å². The minimum Gasteiger partial charge on any atom is -0.360 e. The molecule has 2 aromatic heterocycles. The Morgan fingerprint density at radius 3 is 3.16 bits per heavy atom. The summed E-state index contributed by atoms with van der Waals surface area (Å²) < 4.78 is 7.02. The number of nitrogens with one attached hydrogen (secondary N) is 1. The molecule has 2 heterocycles. The van der Waals surface area contributed by atoms with Crippen molar-refractivity contribution < 1.29 is 9.32 Å². The van der Waals surface area contributed by atoms with E-state index in [2.05, 4.69) is 20.0 Å². The molecule has 2 aromatic rings. The highest BCUT2D eigenvalue weighted by Crippen LogP contribution is 2.37. The molecule has 0 saturated heterocycles. The molecule has 0 bridgehead atoms. The smallest absolute Gasteiger partial charge is 0.236 e. The summed E-state index contributed by atoms with van der Waals surface area (Å²) in [4.78, 5) is 16.0. The van der Waals surface area contributed by atoms with Crippen LogP contribution in [0.25, 0.3) is 0 Å². The summed E-state index contributed by atoms with van der Waals surface area (Å²) in [5.74, 6) is 1.33. The van der Waals surface area contributed by atoms with Gasteiger partial charge in [0.2, 0.25) is 5.91 Å². The second-order valence-electron chi connectivity index (χ2n) is 4.51. The van der Waals surface area contributed by atoms with Crippen molar-refractivity contribution in [2.24, 2.45) is 0 Å². The summed E-state index contributed by atoms with van der Waals surface area (Å²) in [5.41, 5.74) is 0. The molecule has 0 radical (unpaired) electrons. The van der Waals surface area contributed by atoms with Crippen LogP contribution in [-0.4, -0.2) is 26.4 Å². The number of hydrogen-bond donors (Lipinski definition) is 1. The normalized spacial score (nSPS) is 14.6. The molecule has 1 aliphatic carbocycles. The van der Waals surface area contributed by atoms with Gasteiger partial charge in [0.1, 0.15) is 5.76 Å². The first-order valence-electron chi connectivity index (χ1n) is 6.11. The Morgan fingerprint density at radius 2 is 2.47 bits per heavy atom. The quantitative estimate of drug-likeness (QED) is 0.849. The highest BCUT2D eigenvalue weighted by atomic mass is 32.2. The zero-order valence-electron chi connectivity index (χ0n) is 10.5. The molecule has 6 nitrogen and oxygen atoms in total. The number of carbonyl (C=O) groups is 1. The SMILES string of the molecule is Cc1cc(NC(=O)CSc2nccn2C2CC2)no1. The van der Waals surface area contributed by atoms with E-state index in [4.69, 9.17) is 4.52 Å². The molecule has 0 spiro atoms. The lowest BCUT2D eigenvalue weighted by molar-refractivity contribution is -0.113. The molecule has 19 heavy (non-hydrogen) atoms. The number of nitrogens with zero attached hydrogens (tertiary/aromatic N) is 3. The van der Waals surface area contributed by atoms with Gasteiger partial charge in [0.05, 0.1) is 5.75 Å². The first-order chi connectivity index (χ1) is 9.22. The number of hydrogen-bond acceptors (Lipinski definition) is 5. The molecular formula is C12H14N4O2S. The lowest BCUT2D eigenvalue weighted by Crippen LogP contribution is -2.14. The van der Waals surface area contributed by atoms with Gasteiger partial charge >= 0.3 is 0 Å². The van der Waals surface area contributed by atoms with Crippen molar-refractivity contribution in [2.45, 2.75) is 31.0 Å². The number of aromatic nitrogens is 3. The van der Waals surface area contributed by atoms with E-state index >= 15 is 0 Å². The Hall–Kier alpha value is -1.76. The Kier molecular flexibility index (Phi) is 3.29. The van der Waals surface area contributed by atoms with Crippen LogP contribution in [0.15, 0.2) is 28.1 Å². The molecule has 1 saturated carbocycles. The fourth-order valence-electron chi connectivity index (χ4n) is 1.78. The molecule has 0 aromatic carbocycles. The number of rotatable bonds is 5. The second-order valence-corrected chi connectivity index (χ2v) is 5.45. The van der Waals surface area contributed by atoms with Crippen molar-refractivity contribution in [3.8, 4) is 0 Å². The molecule has 0 unspecified atom stereocenters. The zero-order valence-corrected chi connectivity index (χ0v) is 11.3. The maximum absolute atomic E-state index is 11.8. The van der Waals surface area contributed by atoms with Crippen molar-refractivity contribution >= 4 is 23.5 Å². The van der Waals surface area contributed by atoms with Crippen LogP contribution in [-0.2, 0) is 4.79 Å². The minimum atomic E-state index is -0.108. The third-order valence-electron chi connectivity index (χ3n) is 2.80. The van der Waals surface area contributed by atoms with Gasteiger partial charge in [-0.3, -0.25) is 4.79 Å². The fraction of sp³-hybridized carbons (Fsp3) is 0.417. The number of amides is 1. The largest absolute Gasteiger partial charge is 0.360 e. The van der Waals surface area contributed by atoms with Crippen molar-refractivity contribution in [3.05, 3.63) is 24.2 Å². The highest BCUT2D eigenvalue weighted by molar-refractivity contribution is 7.99. The number of thioether (sulfide) groups is 1. The lowest BCUT2D eigenvalue weighted by atomic mass is 10.5. The Bertz CT molecular complexity index is 588. The third kappa shape index (κ3) is 2.98. The summed E-state index contributed by atoms with van der Waals surface area (Å²) in [5, 5.41) is 7.30. The third-order valence-corrected chi connectivity index (χ3v) is 3.78. The van der Waals surface area contributed by atoms with Crippen molar-refractivity contribution in [1.29, 1.82) is 0 Å². The summed E-state index contributed by atoms with van der Waals surface area (Å²) in [6, 6.07) is 2.26. The van der Waals surface area contributed by atoms with Crippen LogP contribution in [0.3, 0.4) is 0 Å². The monoisotopic (exact) mass is 278 g/mol. The number of imidazole rings is 1. The van der Waals surface area contributed by atoms with Crippen LogP contribution in [0.2, 0.25) is 0 Å². The van der Waals surface area contributed by atoms with Gasteiger partial charge in [0, 0.05) is 24.5 Å².